The van der Waals surface area contributed by atoms with Crippen molar-refractivity contribution in [2.75, 3.05) is 6.61 Å². The number of hydrogen-bond donors (Lipinski definition) is 0. The van der Waals surface area contributed by atoms with Crippen LogP contribution in [0.5, 0.6) is 5.75 Å². The second-order valence-corrected chi connectivity index (χ2v) is 3.09. The molecule has 0 N–H and O–H groups in total. The molecule has 0 aliphatic heterocycles. The third-order valence-corrected chi connectivity index (χ3v) is 1.88. The fourth-order valence-electron chi connectivity index (χ4n) is 1.07. The van der Waals surface area contributed by atoms with Gasteiger partial charge in [-0.1, -0.05) is 19.3 Å². The fraction of sp³-hybridized carbons (Fsp3) is 0.308. The van der Waals surface area contributed by atoms with Gasteiger partial charge in [-0.3, -0.25) is 0 Å². The predicted molar refractivity (Wildman–Crippen MR) is 59.3 cm³/mol. The van der Waals surface area contributed by atoms with Crippen molar-refractivity contribution >= 4 is 0 Å². The predicted octanol–water partition coefficient (Wildman–Crippen LogP) is 2.74. The monoisotopic (exact) mass is 199 g/mol. The highest BCUT2D eigenvalue weighted by molar-refractivity contribution is 5.40. The molecular formula is C13H13NO. The molecule has 1 aromatic carbocycles. The van der Waals surface area contributed by atoms with Crippen molar-refractivity contribution in [3.8, 4) is 23.7 Å². The molecule has 0 saturated carbocycles. The topological polar surface area (TPSA) is 33.0 Å². The van der Waals surface area contributed by atoms with Gasteiger partial charge in [0.25, 0.3) is 0 Å². The Labute approximate surface area is 90.5 Å². The molecule has 0 bridgehead atoms. The zero-order valence-corrected chi connectivity index (χ0v) is 8.79. The zero-order chi connectivity index (χ0) is 10.9. The van der Waals surface area contributed by atoms with Gasteiger partial charge in [-0.2, -0.15) is 5.26 Å². The van der Waals surface area contributed by atoms with Gasteiger partial charge in [0, 0.05) is 11.5 Å². The first kappa shape index (κ1) is 11.1. The number of benzene rings is 1. The lowest BCUT2D eigenvalue weighted by Crippen LogP contribution is -1.95. The van der Waals surface area contributed by atoms with E-state index in [0.29, 0.717) is 0 Å². The molecule has 2 nitrogen and oxygen atoms in total. The standard InChI is InChI=1S/C13H13NO/c1-2-3-11-15-13-8-6-12(7-9-13)5-4-10-14/h6-9H,2-3,11H2,1H3. The minimum absolute atomic E-state index is 0.750. The summed E-state index contributed by atoms with van der Waals surface area (Å²) in [6, 6.07) is 9.23. The lowest BCUT2D eigenvalue weighted by molar-refractivity contribution is 0.309. The maximum absolute atomic E-state index is 8.28. The summed E-state index contributed by atoms with van der Waals surface area (Å²) in [4.78, 5) is 0. The van der Waals surface area contributed by atoms with Crippen LogP contribution in [0.3, 0.4) is 0 Å². The molecule has 0 fully saturated rings. The van der Waals surface area contributed by atoms with Crippen LogP contribution < -0.4 is 4.74 Å². The van der Waals surface area contributed by atoms with Gasteiger partial charge in [0.2, 0.25) is 0 Å². The lowest BCUT2D eigenvalue weighted by Gasteiger charge is -2.04. The summed E-state index contributed by atoms with van der Waals surface area (Å²) in [6.45, 7) is 2.88. The van der Waals surface area contributed by atoms with E-state index >= 15 is 0 Å². The summed E-state index contributed by atoms with van der Waals surface area (Å²) >= 11 is 0. The van der Waals surface area contributed by atoms with E-state index in [2.05, 4.69) is 18.8 Å². The van der Waals surface area contributed by atoms with Crippen LogP contribution in [0.25, 0.3) is 0 Å². The minimum Gasteiger partial charge on any atom is -0.494 e. The Bertz CT molecular complexity index is 389. The number of unbranched alkanes of at least 4 members (excludes halogenated alkanes) is 1. The molecule has 1 rings (SSSR count). The van der Waals surface area contributed by atoms with Crippen molar-refractivity contribution in [3.63, 3.8) is 0 Å². The summed E-state index contributed by atoms with van der Waals surface area (Å²) in [5, 5.41) is 8.28. The third kappa shape index (κ3) is 4.20. The number of nitriles is 1. The first-order chi connectivity index (χ1) is 7.36. The van der Waals surface area contributed by atoms with Crippen molar-refractivity contribution < 1.29 is 4.74 Å². The van der Waals surface area contributed by atoms with Crippen LogP contribution in [0.15, 0.2) is 24.3 Å². The van der Waals surface area contributed by atoms with Crippen molar-refractivity contribution in [1.29, 1.82) is 5.26 Å². The largest absolute Gasteiger partial charge is 0.494 e. The Hall–Kier alpha value is -1.93. The van der Waals surface area contributed by atoms with E-state index in [-0.39, 0.29) is 0 Å². The number of hydrogen-bond acceptors (Lipinski definition) is 2. The minimum atomic E-state index is 0.750. The van der Waals surface area contributed by atoms with Crippen LogP contribution in [-0.2, 0) is 0 Å². The van der Waals surface area contributed by atoms with E-state index in [0.717, 1.165) is 30.8 Å². The van der Waals surface area contributed by atoms with Gasteiger partial charge in [-0.05, 0) is 30.7 Å². The normalized spacial score (nSPS) is 8.53. The summed E-state index contributed by atoms with van der Waals surface area (Å²) in [6.07, 6.45) is 2.20. The van der Waals surface area contributed by atoms with E-state index < -0.39 is 0 Å². The molecule has 0 radical (unpaired) electrons. The highest BCUT2D eigenvalue weighted by atomic mass is 16.5. The average molecular weight is 199 g/mol. The Kier molecular flexibility index (Phi) is 4.84. The van der Waals surface area contributed by atoms with Crippen LogP contribution in [0, 0.1) is 23.2 Å². The summed E-state index contributed by atoms with van der Waals surface area (Å²) < 4.78 is 5.49. The molecule has 0 saturated heterocycles. The van der Waals surface area contributed by atoms with Crippen molar-refractivity contribution in [2.24, 2.45) is 0 Å². The highest BCUT2D eigenvalue weighted by Crippen LogP contribution is 2.11. The maximum Gasteiger partial charge on any atom is 0.152 e. The molecule has 15 heavy (non-hydrogen) atoms. The second-order valence-electron chi connectivity index (χ2n) is 3.09. The van der Waals surface area contributed by atoms with Gasteiger partial charge < -0.3 is 4.74 Å². The molecule has 2 heteroatoms. The van der Waals surface area contributed by atoms with Gasteiger partial charge in [0.05, 0.1) is 6.61 Å². The summed E-state index contributed by atoms with van der Waals surface area (Å²) in [5.74, 6) is 5.93. The Morgan fingerprint density at radius 3 is 2.60 bits per heavy atom. The Morgan fingerprint density at radius 2 is 2.00 bits per heavy atom. The maximum atomic E-state index is 8.28. The van der Waals surface area contributed by atoms with Crippen LogP contribution in [0.1, 0.15) is 25.3 Å². The average Bonchev–Trinajstić information content (AvgIpc) is 2.28. The van der Waals surface area contributed by atoms with Gasteiger partial charge in [-0.15, -0.1) is 0 Å². The number of rotatable bonds is 4. The highest BCUT2D eigenvalue weighted by Gasteiger charge is 1.92. The second kappa shape index (κ2) is 6.51. The van der Waals surface area contributed by atoms with Crippen LogP contribution in [-0.4, -0.2) is 6.61 Å². The molecule has 0 spiro atoms. The molecule has 0 heterocycles. The summed E-state index contributed by atoms with van der Waals surface area (Å²) in [7, 11) is 0. The number of ether oxygens (including phenoxy) is 1. The van der Waals surface area contributed by atoms with Crippen LogP contribution in [0.4, 0.5) is 0 Å². The van der Waals surface area contributed by atoms with Crippen molar-refractivity contribution in [2.45, 2.75) is 19.8 Å². The van der Waals surface area contributed by atoms with Crippen LogP contribution in [0.2, 0.25) is 0 Å². The quantitative estimate of drug-likeness (QED) is 0.551. The van der Waals surface area contributed by atoms with Crippen molar-refractivity contribution in [3.05, 3.63) is 29.8 Å². The summed E-state index contributed by atoms with van der Waals surface area (Å²) in [5.41, 5.74) is 0.833. The van der Waals surface area contributed by atoms with Gasteiger partial charge >= 0.3 is 0 Å². The van der Waals surface area contributed by atoms with E-state index in [1.807, 2.05) is 24.3 Å². The molecular weight excluding hydrogens is 186 g/mol. The van der Waals surface area contributed by atoms with E-state index in [9.17, 15) is 0 Å². The van der Waals surface area contributed by atoms with E-state index in [4.69, 9.17) is 10.00 Å². The first-order valence-electron chi connectivity index (χ1n) is 4.99. The van der Waals surface area contributed by atoms with Gasteiger partial charge in [0.1, 0.15) is 5.75 Å². The molecule has 0 atom stereocenters. The third-order valence-electron chi connectivity index (χ3n) is 1.88. The molecule has 0 aliphatic carbocycles. The SMILES string of the molecule is CCCCOc1ccc(C#CC#N)cc1. The number of nitrogens with zero attached hydrogens (tertiary/aromatic N) is 1. The molecule has 76 valence electrons. The van der Waals surface area contributed by atoms with E-state index in [1.165, 1.54) is 0 Å². The first-order valence-corrected chi connectivity index (χ1v) is 4.99. The Balaban J connectivity index is 2.53. The molecule has 1 aromatic rings. The molecule has 0 amide bonds. The van der Waals surface area contributed by atoms with Gasteiger partial charge in [-0.25, -0.2) is 0 Å². The Morgan fingerprint density at radius 1 is 1.27 bits per heavy atom. The molecule has 0 unspecified atom stereocenters. The zero-order valence-electron chi connectivity index (χ0n) is 8.79. The van der Waals surface area contributed by atoms with E-state index in [1.54, 1.807) is 6.07 Å². The van der Waals surface area contributed by atoms with Gasteiger partial charge in [0.15, 0.2) is 6.07 Å². The van der Waals surface area contributed by atoms with Crippen LogP contribution >= 0.6 is 0 Å². The molecule has 0 aliphatic rings. The fourth-order valence-corrected chi connectivity index (χ4v) is 1.07. The lowest BCUT2D eigenvalue weighted by atomic mass is 10.2. The smallest absolute Gasteiger partial charge is 0.152 e. The molecule has 0 aromatic heterocycles. The van der Waals surface area contributed by atoms with Crippen molar-refractivity contribution in [1.82, 2.24) is 0 Å².